The lowest BCUT2D eigenvalue weighted by molar-refractivity contribution is -0.119. The number of benzene rings is 2. The van der Waals surface area contributed by atoms with Crippen molar-refractivity contribution >= 4 is 58.0 Å². The number of carbonyl (C=O) groups excluding carboxylic acids is 2. The number of carbonyl (C=O) groups is 2. The van der Waals surface area contributed by atoms with E-state index in [1.54, 1.807) is 54.4 Å². The Morgan fingerprint density at radius 1 is 0.923 bits per heavy atom. The second-order valence-electron chi connectivity index (χ2n) is 5.69. The van der Waals surface area contributed by atoms with Crippen molar-refractivity contribution in [3.8, 4) is 0 Å². The molecular formula is C18H18Cl3N3O2. The van der Waals surface area contributed by atoms with E-state index in [0.29, 0.717) is 33.0 Å². The Kier molecular flexibility index (Phi) is 7.72. The van der Waals surface area contributed by atoms with Gasteiger partial charge in [-0.15, -0.1) is 0 Å². The van der Waals surface area contributed by atoms with E-state index in [1.807, 2.05) is 0 Å². The van der Waals surface area contributed by atoms with Crippen molar-refractivity contribution in [2.24, 2.45) is 0 Å². The van der Waals surface area contributed by atoms with Crippen molar-refractivity contribution in [2.75, 3.05) is 30.8 Å². The van der Waals surface area contributed by atoms with Gasteiger partial charge in [-0.25, -0.2) is 0 Å². The largest absolute Gasteiger partial charge is 0.325 e. The molecule has 2 rings (SSSR count). The maximum absolute atomic E-state index is 12.1. The number of amides is 2. The summed E-state index contributed by atoms with van der Waals surface area (Å²) in [6.07, 6.45) is 0.238. The van der Waals surface area contributed by atoms with Crippen LogP contribution >= 0.6 is 34.8 Å². The molecule has 0 heterocycles. The van der Waals surface area contributed by atoms with Crippen LogP contribution < -0.4 is 10.6 Å². The molecule has 138 valence electrons. The summed E-state index contributed by atoms with van der Waals surface area (Å²) >= 11 is 17.8. The summed E-state index contributed by atoms with van der Waals surface area (Å²) in [7, 11) is 1.76. The normalized spacial score (nSPS) is 10.7. The third-order valence-electron chi connectivity index (χ3n) is 3.49. The second kappa shape index (κ2) is 9.78. The van der Waals surface area contributed by atoms with Crippen LogP contribution in [-0.4, -0.2) is 36.9 Å². The number of hydrogen-bond donors (Lipinski definition) is 2. The van der Waals surface area contributed by atoms with Gasteiger partial charge in [-0.2, -0.15) is 0 Å². The van der Waals surface area contributed by atoms with Crippen molar-refractivity contribution in [3.63, 3.8) is 0 Å². The number of rotatable bonds is 7. The molecule has 8 heteroatoms. The number of nitrogens with zero attached hydrogens (tertiary/aromatic N) is 1. The maximum Gasteiger partial charge on any atom is 0.238 e. The fourth-order valence-corrected chi connectivity index (χ4v) is 2.65. The van der Waals surface area contributed by atoms with E-state index in [2.05, 4.69) is 10.6 Å². The fraction of sp³-hybridized carbons (Fsp3) is 0.222. The molecule has 0 radical (unpaired) electrons. The third kappa shape index (κ3) is 6.50. The van der Waals surface area contributed by atoms with Crippen LogP contribution in [-0.2, 0) is 9.59 Å². The number of halogens is 3. The first-order chi connectivity index (χ1) is 12.3. The summed E-state index contributed by atoms with van der Waals surface area (Å²) in [5.74, 6) is -0.382. The Morgan fingerprint density at radius 3 is 2.35 bits per heavy atom. The van der Waals surface area contributed by atoms with E-state index in [0.717, 1.165) is 0 Å². The van der Waals surface area contributed by atoms with Crippen molar-refractivity contribution in [2.45, 2.75) is 6.42 Å². The quantitative estimate of drug-likeness (QED) is 0.699. The van der Waals surface area contributed by atoms with Crippen LogP contribution in [0.1, 0.15) is 6.42 Å². The van der Waals surface area contributed by atoms with Crippen molar-refractivity contribution in [1.29, 1.82) is 0 Å². The lowest BCUT2D eigenvalue weighted by atomic mass is 10.3. The molecule has 0 spiro atoms. The number of nitrogens with one attached hydrogen (secondary N) is 2. The molecule has 0 aliphatic heterocycles. The van der Waals surface area contributed by atoms with Gasteiger partial charge in [0.15, 0.2) is 0 Å². The van der Waals surface area contributed by atoms with Gasteiger partial charge in [0.25, 0.3) is 0 Å². The summed E-state index contributed by atoms with van der Waals surface area (Å²) in [6, 6.07) is 11.9. The molecule has 0 aliphatic carbocycles. The molecule has 0 aliphatic rings. The predicted molar refractivity (Wildman–Crippen MR) is 107 cm³/mol. The van der Waals surface area contributed by atoms with Crippen LogP contribution in [0.15, 0.2) is 42.5 Å². The average Bonchev–Trinajstić information content (AvgIpc) is 2.58. The highest BCUT2D eigenvalue weighted by Gasteiger charge is 2.11. The zero-order valence-corrected chi connectivity index (χ0v) is 16.3. The molecule has 0 unspecified atom stereocenters. The van der Waals surface area contributed by atoms with Gasteiger partial charge in [0.2, 0.25) is 11.8 Å². The van der Waals surface area contributed by atoms with Gasteiger partial charge < -0.3 is 10.6 Å². The molecule has 0 fully saturated rings. The van der Waals surface area contributed by atoms with Crippen molar-refractivity contribution in [3.05, 3.63) is 57.5 Å². The topological polar surface area (TPSA) is 61.4 Å². The van der Waals surface area contributed by atoms with Crippen LogP contribution in [0.5, 0.6) is 0 Å². The Morgan fingerprint density at radius 2 is 1.65 bits per heavy atom. The molecule has 2 amide bonds. The van der Waals surface area contributed by atoms with E-state index in [4.69, 9.17) is 34.8 Å². The third-order valence-corrected chi connectivity index (χ3v) is 4.55. The Balaban J connectivity index is 1.76. The van der Waals surface area contributed by atoms with E-state index in [-0.39, 0.29) is 24.8 Å². The number of para-hydroxylation sites is 1. The van der Waals surface area contributed by atoms with Crippen LogP contribution in [0.2, 0.25) is 15.1 Å². The Hall–Kier alpha value is -1.79. The summed E-state index contributed by atoms with van der Waals surface area (Å²) in [6.45, 7) is 0.560. The fourth-order valence-electron chi connectivity index (χ4n) is 2.17. The Labute approximate surface area is 167 Å². The molecule has 2 N–H and O–H groups in total. The molecule has 0 saturated carbocycles. The molecule has 0 atom stereocenters. The molecular weight excluding hydrogens is 397 g/mol. The van der Waals surface area contributed by atoms with Crippen molar-refractivity contribution < 1.29 is 9.59 Å². The molecule has 0 saturated heterocycles. The molecule has 0 bridgehead atoms. The smallest absolute Gasteiger partial charge is 0.238 e. The van der Waals surface area contributed by atoms with E-state index >= 15 is 0 Å². The monoisotopic (exact) mass is 413 g/mol. The minimum absolute atomic E-state index is 0.139. The van der Waals surface area contributed by atoms with Crippen LogP contribution in [0.4, 0.5) is 11.4 Å². The second-order valence-corrected chi connectivity index (χ2v) is 6.91. The minimum atomic E-state index is -0.211. The van der Waals surface area contributed by atoms with Gasteiger partial charge in [-0.3, -0.25) is 14.5 Å². The Bertz CT molecular complexity index is 799. The van der Waals surface area contributed by atoms with Crippen LogP contribution in [0.25, 0.3) is 0 Å². The molecule has 26 heavy (non-hydrogen) atoms. The van der Waals surface area contributed by atoms with Crippen LogP contribution in [0.3, 0.4) is 0 Å². The van der Waals surface area contributed by atoms with Gasteiger partial charge >= 0.3 is 0 Å². The minimum Gasteiger partial charge on any atom is -0.325 e. The summed E-state index contributed by atoms with van der Waals surface area (Å²) in [4.78, 5) is 25.8. The average molecular weight is 415 g/mol. The SMILES string of the molecule is CN(CCC(=O)Nc1ccccc1Cl)CC(=O)Nc1ccc(Cl)c(Cl)c1. The molecule has 0 aromatic heterocycles. The number of likely N-dealkylation sites (N-methyl/N-ethyl adjacent to an activating group) is 1. The molecule has 2 aromatic rings. The summed E-state index contributed by atoms with van der Waals surface area (Å²) in [5.41, 5.74) is 1.13. The first-order valence-corrected chi connectivity index (χ1v) is 8.96. The summed E-state index contributed by atoms with van der Waals surface area (Å²) < 4.78 is 0. The van der Waals surface area contributed by atoms with Crippen LogP contribution in [0, 0.1) is 0 Å². The van der Waals surface area contributed by atoms with Gasteiger partial charge in [-0.05, 0) is 37.4 Å². The van der Waals surface area contributed by atoms with E-state index < -0.39 is 0 Å². The number of anilines is 2. The zero-order valence-electron chi connectivity index (χ0n) is 14.1. The van der Waals surface area contributed by atoms with Crippen molar-refractivity contribution in [1.82, 2.24) is 4.90 Å². The van der Waals surface area contributed by atoms with E-state index in [9.17, 15) is 9.59 Å². The van der Waals surface area contributed by atoms with Gasteiger partial charge in [-0.1, -0.05) is 46.9 Å². The highest BCUT2D eigenvalue weighted by Crippen LogP contribution is 2.25. The first-order valence-electron chi connectivity index (χ1n) is 7.83. The summed E-state index contributed by atoms with van der Waals surface area (Å²) in [5, 5.41) is 6.75. The standard InChI is InChI=1S/C18H18Cl3N3O2/c1-24(9-8-17(25)23-16-5-3-2-4-14(16)20)11-18(26)22-12-6-7-13(19)15(21)10-12/h2-7,10H,8-9,11H2,1H3,(H,22,26)(H,23,25). The number of hydrogen-bond acceptors (Lipinski definition) is 3. The first kappa shape index (κ1) is 20.5. The predicted octanol–water partition coefficient (Wildman–Crippen LogP) is 4.55. The lowest BCUT2D eigenvalue weighted by Gasteiger charge is -2.16. The van der Waals surface area contributed by atoms with Gasteiger partial charge in [0, 0.05) is 18.7 Å². The highest BCUT2D eigenvalue weighted by molar-refractivity contribution is 6.42. The molecule has 5 nitrogen and oxygen atoms in total. The van der Waals surface area contributed by atoms with Gasteiger partial charge in [0.1, 0.15) is 0 Å². The maximum atomic E-state index is 12.1. The zero-order chi connectivity index (χ0) is 19.1. The van der Waals surface area contributed by atoms with Gasteiger partial charge in [0.05, 0.1) is 27.3 Å². The molecule has 2 aromatic carbocycles. The van der Waals surface area contributed by atoms with E-state index in [1.165, 1.54) is 0 Å². The lowest BCUT2D eigenvalue weighted by Crippen LogP contribution is -2.32. The highest BCUT2D eigenvalue weighted by atomic mass is 35.5.